The van der Waals surface area contributed by atoms with Gasteiger partial charge in [0.05, 0.1) is 11.4 Å². The number of aryl methyl sites for hydroxylation is 1. The summed E-state index contributed by atoms with van der Waals surface area (Å²) in [6, 6.07) is 5.26. The molecule has 0 unspecified atom stereocenters. The maximum atomic E-state index is 13.2. The molecule has 18 heavy (non-hydrogen) atoms. The summed E-state index contributed by atoms with van der Waals surface area (Å²) in [7, 11) is 0. The first-order valence-corrected chi connectivity index (χ1v) is 5.78. The Morgan fingerprint density at radius 2 is 1.56 bits per heavy atom. The van der Waals surface area contributed by atoms with Crippen molar-refractivity contribution in [3.8, 4) is 11.3 Å². The Hall–Kier alpha value is -1.84. The van der Waals surface area contributed by atoms with Crippen LogP contribution in [-0.4, -0.2) is 10.2 Å². The van der Waals surface area contributed by atoms with E-state index in [0.29, 0.717) is 11.3 Å². The second kappa shape index (κ2) is 4.80. The van der Waals surface area contributed by atoms with Gasteiger partial charge in [-0.15, -0.1) is 5.10 Å². The second-order valence-corrected chi connectivity index (χ2v) is 4.61. The summed E-state index contributed by atoms with van der Waals surface area (Å²) in [5.74, 6) is -0.951. The predicted molar refractivity (Wildman–Crippen MR) is 66.2 cm³/mol. The minimum absolute atomic E-state index is 0.273. The summed E-state index contributed by atoms with van der Waals surface area (Å²) in [6.07, 6.45) is 0. The number of aromatic nitrogens is 2. The maximum absolute atomic E-state index is 13.2. The highest BCUT2D eigenvalue weighted by Crippen LogP contribution is 2.24. The Morgan fingerprint density at radius 3 is 2.06 bits per heavy atom. The van der Waals surface area contributed by atoms with Crippen LogP contribution in [0.15, 0.2) is 24.3 Å². The van der Waals surface area contributed by atoms with Gasteiger partial charge in [0.1, 0.15) is 11.6 Å². The minimum Gasteiger partial charge on any atom is -0.207 e. The molecule has 0 saturated heterocycles. The molecule has 2 rings (SSSR count). The number of halogens is 2. The molecule has 0 fully saturated rings. The van der Waals surface area contributed by atoms with E-state index in [1.807, 2.05) is 26.8 Å². The van der Waals surface area contributed by atoms with Crippen LogP contribution < -0.4 is 0 Å². The molecule has 2 aromatic rings. The summed E-state index contributed by atoms with van der Waals surface area (Å²) >= 11 is 0. The van der Waals surface area contributed by atoms with Crippen molar-refractivity contribution in [1.82, 2.24) is 10.2 Å². The van der Waals surface area contributed by atoms with Gasteiger partial charge in [-0.25, -0.2) is 8.78 Å². The van der Waals surface area contributed by atoms with Crippen LogP contribution in [0.4, 0.5) is 8.78 Å². The third-order valence-electron chi connectivity index (χ3n) is 2.73. The van der Waals surface area contributed by atoms with Crippen molar-refractivity contribution in [3.63, 3.8) is 0 Å². The number of hydrogen-bond donors (Lipinski definition) is 0. The molecule has 0 spiro atoms. The molecule has 0 radical (unpaired) electrons. The molecule has 2 nitrogen and oxygen atoms in total. The molecule has 1 aromatic carbocycles. The molecule has 1 aromatic heterocycles. The summed E-state index contributed by atoms with van der Waals surface area (Å²) in [4.78, 5) is 0. The van der Waals surface area contributed by atoms with E-state index in [1.165, 1.54) is 12.1 Å². The van der Waals surface area contributed by atoms with Gasteiger partial charge in [-0.2, -0.15) is 5.10 Å². The minimum atomic E-state index is -0.612. The van der Waals surface area contributed by atoms with Crippen molar-refractivity contribution in [2.24, 2.45) is 0 Å². The third kappa shape index (κ3) is 2.53. The van der Waals surface area contributed by atoms with Gasteiger partial charge in [0, 0.05) is 11.6 Å². The fraction of sp³-hybridized carbons (Fsp3) is 0.286. The van der Waals surface area contributed by atoms with Gasteiger partial charge in [-0.1, -0.05) is 13.8 Å². The number of hydrogen-bond acceptors (Lipinski definition) is 2. The molecule has 0 aliphatic rings. The quantitative estimate of drug-likeness (QED) is 0.806. The Labute approximate surface area is 105 Å². The Morgan fingerprint density at radius 1 is 0.944 bits per heavy atom. The van der Waals surface area contributed by atoms with Crippen LogP contribution in [0.3, 0.4) is 0 Å². The van der Waals surface area contributed by atoms with Gasteiger partial charge in [-0.05, 0) is 36.6 Å². The van der Waals surface area contributed by atoms with E-state index in [-0.39, 0.29) is 5.92 Å². The molecular weight excluding hydrogens is 234 g/mol. The zero-order valence-corrected chi connectivity index (χ0v) is 10.5. The Kier molecular flexibility index (Phi) is 3.36. The molecule has 0 bridgehead atoms. The van der Waals surface area contributed by atoms with Crippen molar-refractivity contribution in [2.75, 3.05) is 0 Å². The van der Waals surface area contributed by atoms with E-state index < -0.39 is 11.6 Å². The van der Waals surface area contributed by atoms with Crippen LogP contribution in [0.25, 0.3) is 11.3 Å². The van der Waals surface area contributed by atoms with Crippen LogP contribution in [0, 0.1) is 18.6 Å². The molecule has 0 atom stereocenters. The lowest BCUT2D eigenvalue weighted by molar-refractivity contribution is 0.584. The van der Waals surface area contributed by atoms with E-state index >= 15 is 0 Å². The number of benzene rings is 1. The van der Waals surface area contributed by atoms with Crippen molar-refractivity contribution in [1.29, 1.82) is 0 Å². The van der Waals surface area contributed by atoms with Gasteiger partial charge in [0.25, 0.3) is 0 Å². The highest BCUT2D eigenvalue weighted by molar-refractivity contribution is 5.62. The van der Waals surface area contributed by atoms with Gasteiger partial charge < -0.3 is 0 Å². The summed E-state index contributed by atoms with van der Waals surface area (Å²) in [6.45, 7) is 5.90. The smallest absolute Gasteiger partial charge is 0.126 e. The molecule has 0 aliphatic carbocycles. The largest absolute Gasteiger partial charge is 0.207 e. The van der Waals surface area contributed by atoms with Gasteiger partial charge in [0.2, 0.25) is 0 Å². The molecule has 0 N–H and O–H groups in total. The molecule has 4 heteroatoms. The van der Waals surface area contributed by atoms with Crippen LogP contribution >= 0.6 is 0 Å². The number of rotatable bonds is 2. The van der Waals surface area contributed by atoms with E-state index in [4.69, 9.17) is 0 Å². The molecule has 0 aliphatic heterocycles. The lowest BCUT2D eigenvalue weighted by Gasteiger charge is -2.08. The first-order chi connectivity index (χ1) is 8.47. The van der Waals surface area contributed by atoms with Crippen LogP contribution in [0.5, 0.6) is 0 Å². The van der Waals surface area contributed by atoms with E-state index in [9.17, 15) is 8.78 Å². The van der Waals surface area contributed by atoms with Crippen LogP contribution in [0.2, 0.25) is 0 Å². The highest BCUT2D eigenvalue weighted by atomic mass is 19.1. The predicted octanol–water partition coefficient (Wildman–Crippen LogP) is 3.85. The molecular formula is C14H14F2N2. The highest BCUT2D eigenvalue weighted by Gasteiger charge is 2.10. The standard InChI is InChI=1S/C14H14F2N2/c1-8(2)13-4-9(3)14(18-17-13)10-5-11(15)7-12(16)6-10/h4-8H,1-3H3. The average Bonchev–Trinajstić information content (AvgIpc) is 2.27. The summed E-state index contributed by atoms with van der Waals surface area (Å²) in [5.41, 5.74) is 2.65. The van der Waals surface area contributed by atoms with Gasteiger partial charge in [-0.3, -0.25) is 0 Å². The lowest BCUT2D eigenvalue weighted by atomic mass is 10.0. The van der Waals surface area contributed by atoms with Crippen LogP contribution in [0.1, 0.15) is 31.0 Å². The zero-order chi connectivity index (χ0) is 13.3. The summed E-state index contributed by atoms with van der Waals surface area (Å²) < 4.78 is 26.3. The first-order valence-electron chi connectivity index (χ1n) is 5.78. The maximum Gasteiger partial charge on any atom is 0.126 e. The zero-order valence-electron chi connectivity index (χ0n) is 10.5. The van der Waals surface area contributed by atoms with Crippen LogP contribution in [-0.2, 0) is 0 Å². The molecule has 94 valence electrons. The monoisotopic (exact) mass is 248 g/mol. The normalized spacial score (nSPS) is 11.0. The Balaban J connectivity index is 2.51. The van der Waals surface area contributed by atoms with E-state index in [2.05, 4.69) is 10.2 Å². The van der Waals surface area contributed by atoms with Crippen molar-refractivity contribution in [3.05, 3.63) is 47.2 Å². The lowest BCUT2D eigenvalue weighted by Crippen LogP contribution is -2.00. The fourth-order valence-electron chi connectivity index (χ4n) is 1.76. The second-order valence-electron chi connectivity index (χ2n) is 4.61. The SMILES string of the molecule is Cc1cc(C(C)C)nnc1-c1cc(F)cc(F)c1. The molecule has 0 saturated carbocycles. The molecule has 0 amide bonds. The van der Waals surface area contributed by atoms with E-state index in [1.54, 1.807) is 0 Å². The summed E-state index contributed by atoms with van der Waals surface area (Å²) in [5, 5.41) is 8.15. The first kappa shape index (κ1) is 12.6. The average molecular weight is 248 g/mol. The van der Waals surface area contributed by atoms with Crippen molar-refractivity contribution in [2.45, 2.75) is 26.7 Å². The third-order valence-corrected chi connectivity index (χ3v) is 2.73. The number of nitrogens with zero attached hydrogens (tertiary/aromatic N) is 2. The van der Waals surface area contributed by atoms with Crippen molar-refractivity contribution < 1.29 is 8.78 Å². The van der Waals surface area contributed by atoms with E-state index in [0.717, 1.165) is 17.3 Å². The topological polar surface area (TPSA) is 25.8 Å². The Bertz CT molecular complexity index is 560. The fourth-order valence-corrected chi connectivity index (χ4v) is 1.76. The van der Waals surface area contributed by atoms with Gasteiger partial charge in [0.15, 0.2) is 0 Å². The van der Waals surface area contributed by atoms with Gasteiger partial charge >= 0.3 is 0 Å². The van der Waals surface area contributed by atoms with Crippen molar-refractivity contribution >= 4 is 0 Å². The molecule has 1 heterocycles.